The Morgan fingerprint density at radius 3 is 2.38 bits per heavy atom. The summed E-state index contributed by atoms with van der Waals surface area (Å²) in [6.07, 6.45) is 21.6. The molecule has 3 aromatic rings. The van der Waals surface area contributed by atoms with Gasteiger partial charge in [0, 0.05) is 52.7 Å². The van der Waals surface area contributed by atoms with E-state index < -0.39 is 45.6 Å². The van der Waals surface area contributed by atoms with Crippen molar-refractivity contribution in [2.45, 2.75) is 208 Å². The van der Waals surface area contributed by atoms with Gasteiger partial charge in [-0.15, -0.1) is 0 Å². The summed E-state index contributed by atoms with van der Waals surface area (Å²) in [6, 6.07) is 26.7. The fourth-order valence-electron chi connectivity index (χ4n) is 26.7. The smallest absolute Gasteiger partial charge is 0.331 e. The van der Waals surface area contributed by atoms with Gasteiger partial charge in [-0.1, -0.05) is 85.5 Å². The maximum Gasteiger partial charge on any atom is 0.331 e. The van der Waals surface area contributed by atoms with E-state index in [0.717, 1.165) is 92.9 Å². The Balaban J connectivity index is 0.855. The van der Waals surface area contributed by atoms with Gasteiger partial charge in [0.1, 0.15) is 18.0 Å². The Bertz CT molecular complexity index is 3270. The molecule has 3 heterocycles. The highest BCUT2D eigenvalue weighted by molar-refractivity contribution is 5.86. The molecule has 1 saturated heterocycles. The highest BCUT2D eigenvalue weighted by atomic mass is 16.5. The van der Waals surface area contributed by atoms with Crippen LogP contribution in [0.25, 0.3) is 0 Å². The number of esters is 1. The van der Waals surface area contributed by atoms with E-state index in [9.17, 15) is 9.90 Å². The summed E-state index contributed by atoms with van der Waals surface area (Å²) in [4.78, 5) is 30.1. The molecular weight excluding hydrogens is 1040 g/mol. The summed E-state index contributed by atoms with van der Waals surface area (Å²) in [5.74, 6) is 8.44. The number of benzene rings is 3. The predicted molar refractivity (Wildman–Crippen MR) is 319 cm³/mol. The molecule has 9 heteroatoms. The Labute approximate surface area is 498 Å². The zero-order valence-electron chi connectivity index (χ0n) is 49.9. The maximum atomic E-state index is 16.1. The van der Waals surface area contributed by atoms with Crippen LogP contribution in [0.1, 0.15) is 175 Å². The molecule has 3 spiro atoms. The molecule has 0 radical (unpaired) electrons. The molecule has 3 aliphatic heterocycles. The molecule has 25 atom stereocenters. The van der Waals surface area contributed by atoms with E-state index in [2.05, 4.69) is 84.7 Å². The van der Waals surface area contributed by atoms with E-state index >= 15 is 20.1 Å². The van der Waals surface area contributed by atoms with Gasteiger partial charge in [0.2, 0.25) is 0 Å². The molecule has 9 nitrogen and oxygen atoms in total. The minimum Gasteiger partial charge on any atom is -0.454 e. The number of hydrogen-bond donors (Lipinski definition) is 5. The second kappa shape index (κ2) is 18.9. The normalized spacial score (nSPS) is 50.5. The Hall–Kier alpha value is -4.14. The van der Waals surface area contributed by atoms with Crippen molar-refractivity contribution in [3.8, 4) is 11.8 Å². The van der Waals surface area contributed by atoms with Crippen LogP contribution in [0, 0.1) is 110 Å². The van der Waals surface area contributed by atoms with Gasteiger partial charge >= 0.3 is 5.97 Å². The quantitative estimate of drug-likeness (QED) is 0.0979. The first kappa shape index (κ1) is 54.0. The first-order chi connectivity index (χ1) is 40.7. The number of likely N-dealkylation sites (N-methyl/N-ethyl adjacent to an activating group) is 1. The number of carbonyl (C=O) groups is 2. The summed E-state index contributed by atoms with van der Waals surface area (Å²) < 4.78 is 14.7. The first-order valence-electron chi connectivity index (χ1n) is 34.0. The van der Waals surface area contributed by atoms with Gasteiger partial charge in [0.05, 0.1) is 35.4 Å². The number of hydrogen-bond acceptors (Lipinski definition) is 9. The average molecular weight is 1130 g/mol. The Morgan fingerprint density at radius 2 is 1.55 bits per heavy atom. The lowest BCUT2D eigenvalue weighted by Gasteiger charge is -2.78. The molecule has 3 aromatic carbocycles. The third kappa shape index (κ3) is 6.86. The Morgan fingerprint density at radius 1 is 0.750 bits per heavy atom. The number of aldehydes is 1. The van der Waals surface area contributed by atoms with Crippen LogP contribution in [0.3, 0.4) is 0 Å². The lowest BCUT2D eigenvalue weighted by molar-refractivity contribution is -0.385. The highest BCUT2D eigenvalue weighted by Crippen LogP contribution is 2.86. The summed E-state index contributed by atoms with van der Waals surface area (Å²) >= 11 is 0. The maximum absolute atomic E-state index is 16.1. The van der Waals surface area contributed by atoms with Crippen LogP contribution < -0.4 is 5.32 Å². The highest BCUT2D eigenvalue weighted by Gasteiger charge is 2.88. The molecule has 84 heavy (non-hydrogen) atoms. The van der Waals surface area contributed by atoms with Crippen LogP contribution in [0.15, 0.2) is 84.4 Å². The minimum atomic E-state index is -1.73. The third-order valence-electron chi connectivity index (χ3n) is 29.6. The van der Waals surface area contributed by atoms with E-state index in [-0.39, 0.29) is 77.7 Å². The van der Waals surface area contributed by atoms with Crippen molar-refractivity contribution in [3.05, 3.63) is 118 Å². The number of nitrogens with one attached hydrogen (secondary N) is 1. The lowest BCUT2D eigenvalue weighted by atomic mass is 9.29. The van der Waals surface area contributed by atoms with E-state index in [1.807, 2.05) is 19.2 Å². The van der Waals surface area contributed by atoms with E-state index in [4.69, 9.17) is 9.47 Å². The molecule has 12 aliphatic carbocycles. The SMILES string of the molecule is CNC1Cc2c(cccc2CO)C#CCCC23CCC4C(O)(CC5CC6CCC7C8OC(Cc9cccc(c9)CC9CCC(C9)C6C)C6CCC9%10CCC(c%11ccccc%11)CC9CC6C8%10CC4(C=O)C57O)C2(O)CC2CC1C1OC(=O)C=C1C23. The van der Waals surface area contributed by atoms with Crippen LogP contribution in [-0.2, 0) is 44.9 Å². The summed E-state index contributed by atoms with van der Waals surface area (Å²) in [5.41, 5.74) is 0.449. The zero-order chi connectivity index (χ0) is 56.9. The van der Waals surface area contributed by atoms with E-state index in [1.165, 1.54) is 42.2 Å². The third-order valence-corrected chi connectivity index (χ3v) is 29.6. The molecule has 18 rings (SSSR count). The van der Waals surface area contributed by atoms with E-state index in [0.29, 0.717) is 92.8 Å². The van der Waals surface area contributed by atoms with Gasteiger partial charge in [0.15, 0.2) is 0 Å². The Kier molecular flexibility index (Phi) is 12.2. The molecule has 5 N–H and O–H groups in total. The van der Waals surface area contributed by atoms with Gasteiger partial charge < -0.3 is 40.0 Å². The van der Waals surface area contributed by atoms with Crippen LogP contribution >= 0.6 is 0 Å². The lowest BCUT2D eigenvalue weighted by Crippen LogP contribution is -2.84. The van der Waals surface area contributed by atoms with Crippen LogP contribution in [-0.4, -0.2) is 80.9 Å². The van der Waals surface area contributed by atoms with Crippen molar-refractivity contribution in [1.29, 1.82) is 0 Å². The molecule has 444 valence electrons. The minimum absolute atomic E-state index is 0.0150. The molecular formula is C75H91NO8. The van der Waals surface area contributed by atoms with Gasteiger partial charge in [-0.25, -0.2) is 4.79 Å². The van der Waals surface area contributed by atoms with Crippen molar-refractivity contribution in [1.82, 2.24) is 5.32 Å². The molecule has 25 unspecified atom stereocenters. The van der Waals surface area contributed by atoms with Gasteiger partial charge in [-0.05, 0) is 258 Å². The number of carbonyl (C=O) groups excluding carboxylic acids is 2. The molecule has 15 aliphatic rings. The van der Waals surface area contributed by atoms with Gasteiger partial charge in [-0.3, -0.25) is 0 Å². The summed E-state index contributed by atoms with van der Waals surface area (Å²) in [7, 11) is 1.98. The average Bonchev–Trinajstić information content (AvgIpc) is 1.27. The summed E-state index contributed by atoms with van der Waals surface area (Å²) in [6.45, 7) is 2.42. The number of aliphatic hydroxyl groups excluding tert-OH is 1. The van der Waals surface area contributed by atoms with Crippen molar-refractivity contribution in [3.63, 3.8) is 0 Å². The van der Waals surface area contributed by atoms with Crippen LogP contribution in [0.2, 0.25) is 0 Å². The van der Waals surface area contributed by atoms with Crippen molar-refractivity contribution < 1.29 is 39.5 Å². The topological polar surface area (TPSA) is 146 Å². The van der Waals surface area contributed by atoms with Crippen molar-refractivity contribution in [2.75, 3.05) is 7.05 Å². The number of aliphatic hydroxyl groups is 4. The second-order valence-corrected chi connectivity index (χ2v) is 31.6. The number of ether oxygens (including phenoxy) is 2. The van der Waals surface area contributed by atoms with Gasteiger partial charge in [0.25, 0.3) is 0 Å². The number of fused-ring (bicyclic) bond motifs is 14. The molecule has 0 aromatic heterocycles. The van der Waals surface area contributed by atoms with Crippen LogP contribution in [0.4, 0.5) is 0 Å². The monoisotopic (exact) mass is 1130 g/mol. The summed E-state index contributed by atoms with van der Waals surface area (Å²) in [5, 5.41) is 60.2. The molecule has 16 bridgehead atoms. The number of rotatable bonds is 4. The van der Waals surface area contributed by atoms with Gasteiger partial charge in [-0.2, -0.15) is 0 Å². The first-order valence-corrected chi connectivity index (χ1v) is 34.0. The molecule has 10 saturated carbocycles. The van der Waals surface area contributed by atoms with E-state index in [1.54, 1.807) is 6.08 Å². The fourth-order valence-corrected chi connectivity index (χ4v) is 26.7. The zero-order valence-corrected chi connectivity index (χ0v) is 49.9. The molecule has 11 fully saturated rings. The fraction of sp³-hybridized carbons (Fsp3) is 0.680. The second-order valence-electron chi connectivity index (χ2n) is 31.6. The largest absolute Gasteiger partial charge is 0.454 e. The predicted octanol–water partition coefficient (Wildman–Crippen LogP) is 11.2. The van der Waals surface area contributed by atoms with Crippen molar-refractivity contribution in [2.24, 2.45) is 98.6 Å². The van der Waals surface area contributed by atoms with Crippen LogP contribution in [0.5, 0.6) is 0 Å². The standard InChI is InChI=1S/C75H91NO8/c1-43-49-18-17-46(30-49)29-44-10-8-11-45(28-44)31-63-56-22-26-69-25-21-51(47-12-4-3-5-13-47)33-54(69)35-61(56)72(69)41-71(42-78)64-23-27-70-24-7-6-14-48-15-9-16-52(40-77)57(48)36-62(76-2)58-34-53(66(70)59-37-65(79)84-67(58)59)38-74(70,81)73(64,80)39-55-32-50(43)19-20-60(68(72)83-63)75(55,71)82/h3-5,8-13,15-16,28,37,42-43,46,49-51,53-56,58,60-64,66-68,76-77,80-82H,7,17-27,29-36,38-41H2,1-2H3. The van der Waals surface area contributed by atoms with Crippen molar-refractivity contribution >= 4 is 12.3 Å². The molecule has 0 amide bonds.